The molecule has 7 aromatic carbocycles. The first-order chi connectivity index (χ1) is 22.8. The van der Waals surface area contributed by atoms with Gasteiger partial charge >= 0.3 is 0 Å². The number of aromatic nitrogens is 1. The third-order valence-corrected chi connectivity index (χ3v) is 9.24. The molecule has 10 aromatic rings. The van der Waals surface area contributed by atoms with Gasteiger partial charge in [-0.15, -0.1) is 0 Å². The maximum absolute atomic E-state index is 6.60. The summed E-state index contributed by atoms with van der Waals surface area (Å²) in [7, 11) is 0. The third kappa shape index (κ3) is 3.63. The Morgan fingerprint density at radius 3 is 1.80 bits per heavy atom. The Morgan fingerprint density at radius 1 is 0.370 bits per heavy atom. The second kappa shape index (κ2) is 9.65. The van der Waals surface area contributed by atoms with Crippen molar-refractivity contribution in [2.45, 2.75) is 0 Å². The zero-order valence-electron chi connectivity index (χ0n) is 24.7. The Balaban J connectivity index is 1.37. The van der Waals surface area contributed by atoms with E-state index in [1.807, 2.05) is 24.3 Å². The van der Waals surface area contributed by atoms with Crippen LogP contribution in [0.1, 0.15) is 0 Å². The molecule has 0 radical (unpaired) electrons. The van der Waals surface area contributed by atoms with E-state index in [1.54, 1.807) is 0 Å². The van der Waals surface area contributed by atoms with Crippen LogP contribution in [0.25, 0.3) is 99.1 Å². The summed E-state index contributed by atoms with van der Waals surface area (Å²) in [5.74, 6) is 0. The Hall–Kier alpha value is -6.19. The minimum absolute atomic E-state index is 0.853. The van der Waals surface area contributed by atoms with Crippen LogP contribution in [0, 0.1) is 0 Å². The highest BCUT2D eigenvalue weighted by molar-refractivity contribution is 6.28. The Kier molecular flexibility index (Phi) is 5.28. The number of hydrogen-bond donors (Lipinski definition) is 0. The van der Waals surface area contributed by atoms with Gasteiger partial charge in [0.1, 0.15) is 22.3 Å². The molecule has 0 bridgehead atoms. The number of para-hydroxylation sites is 3. The summed E-state index contributed by atoms with van der Waals surface area (Å²) in [5, 5.41) is 7.83. The van der Waals surface area contributed by atoms with Crippen molar-refractivity contribution in [2.24, 2.45) is 0 Å². The van der Waals surface area contributed by atoms with Crippen LogP contribution in [-0.4, -0.2) is 4.98 Å². The molecule has 10 rings (SSSR count). The lowest BCUT2D eigenvalue weighted by Gasteiger charge is -2.16. The summed E-state index contributed by atoms with van der Waals surface area (Å²) in [6, 6.07) is 53.0. The van der Waals surface area contributed by atoms with Crippen molar-refractivity contribution in [3.8, 4) is 33.5 Å². The van der Waals surface area contributed by atoms with Crippen molar-refractivity contribution < 1.29 is 8.83 Å². The fraction of sp³-hybridized carbons (Fsp3) is 0. The molecule has 0 atom stereocenters. The first-order valence-electron chi connectivity index (χ1n) is 15.5. The molecular weight excluding hydrogens is 562 g/mol. The standard InChI is InChI=1S/C43H25NO2/c1-2-12-26(13-3-1)43-33-25-38-42(32-18-6-9-22-36(32)46-38)39(41(33)30-16-4-7-20-34(30)44-43)28-15-10-14-27(24-28)29-19-11-23-37-40(29)31-17-5-8-21-35(31)45-37/h1-25H. The largest absolute Gasteiger partial charge is 0.456 e. The summed E-state index contributed by atoms with van der Waals surface area (Å²) in [6.45, 7) is 0. The number of pyridine rings is 1. The normalized spacial score (nSPS) is 11.9. The number of furan rings is 2. The van der Waals surface area contributed by atoms with E-state index in [2.05, 4.69) is 127 Å². The molecule has 0 unspecified atom stereocenters. The monoisotopic (exact) mass is 587 g/mol. The zero-order valence-corrected chi connectivity index (χ0v) is 24.7. The number of rotatable bonds is 3. The van der Waals surface area contributed by atoms with Gasteiger partial charge in [-0.2, -0.15) is 0 Å². The lowest BCUT2D eigenvalue weighted by molar-refractivity contribution is 0.669. The van der Waals surface area contributed by atoms with Gasteiger partial charge in [0.15, 0.2) is 0 Å². The average molecular weight is 588 g/mol. The first-order valence-corrected chi connectivity index (χ1v) is 15.5. The zero-order chi connectivity index (χ0) is 30.2. The van der Waals surface area contributed by atoms with E-state index < -0.39 is 0 Å². The average Bonchev–Trinajstić information content (AvgIpc) is 3.69. The Bertz CT molecular complexity index is 2800. The Morgan fingerprint density at radius 2 is 0.978 bits per heavy atom. The summed E-state index contributed by atoms with van der Waals surface area (Å²) in [6.07, 6.45) is 0. The fourth-order valence-corrected chi connectivity index (χ4v) is 7.28. The van der Waals surface area contributed by atoms with Gasteiger partial charge in [-0.3, -0.25) is 0 Å². The maximum atomic E-state index is 6.60. The lowest BCUT2D eigenvalue weighted by Crippen LogP contribution is -1.93. The minimum atomic E-state index is 0.853. The smallest absolute Gasteiger partial charge is 0.136 e. The van der Waals surface area contributed by atoms with E-state index in [0.717, 1.165) is 93.7 Å². The third-order valence-electron chi connectivity index (χ3n) is 9.24. The molecule has 0 saturated carbocycles. The summed E-state index contributed by atoms with van der Waals surface area (Å²) in [5.41, 5.74) is 11.1. The van der Waals surface area contributed by atoms with Crippen molar-refractivity contribution in [3.05, 3.63) is 152 Å². The van der Waals surface area contributed by atoms with Crippen LogP contribution in [0.4, 0.5) is 0 Å². The van der Waals surface area contributed by atoms with Crippen LogP contribution < -0.4 is 0 Å². The lowest BCUT2D eigenvalue weighted by atomic mass is 9.88. The summed E-state index contributed by atoms with van der Waals surface area (Å²) in [4.78, 5) is 5.24. The van der Waals surface area contributed by atoms with Gasteiger partial charge in [-0.1, -0.05) is 115 Å². The van der Waals surface area contributed by atoms with Gasteiger partial charge in [0.2, 0.25) is 0 Å². The molecule has 0 spiro atoms. The van der Waals surface area contributed by atoms with Crippen LogP contribution in [-0.2, 0) is 0 Å². The van der Waals surface area contributed by atoms with Crippen molar-refractivity contribution in [2.75, 3.05) is 0 Å². The molecule has 0 saturated heterocycles. The second-order valence-corrected chi connectivity index (χ2v) is 11.8. The van der Waals surface area contributed by atoms with Crippen LogP contribution in [0.15, 0.2) is 160 Å². The van der Waals surface area contributed by atoms with E-state index in [9.17, 15) is 0 Å². The quantitative estimate of drug-likeness (QED) is 0.193. The number of nitrogens with zero attached hydrogens (tertiary/aromatic N) is 1. The van der Waals surface area contributed by atoms with Gasteiger partial charge in [0.25, 0.3) is 0 Å². The van der Waals surface area contributed by atoms with Crippen LogP contribution in [0.3, 0.4) is 0 Å². The first kappa shape index (κ1) is 25.2. The topological polar surface area (TPSA) is 39.2 Å². The molecular formula is C43H25NO2. The van der Waals surface area contributed by atoms with Gasteiger partial charge in [0.05, 0.1) is 11.2 Å². The molecule has 3 aromatic heterocycles. The highest BCUT2D eigenvalue weighted by Gasteiger charge is 2.22. The summed E-state index contributed by atoms with van der Waals surface area (Å²) >= 11 is 0. The predicted molar refractivity (Wildman–Crippen MR) is 190 cm³/mol. The Labute approximate surface area is 264 Å². The molecule has 46 heavy (non-hydrogen) atoms. The van der Waals surface area contributed by atoms with Gasteiger partial charge in [-0.05, 0) is 53.1 Å². The number of benzene rings is 7. The van der Waals surface area contributed by atoms with E-state index >= 15 is 0 Å². The molecule has 0 aliphatic carbocycles. The second-order valence-electron chi connectivity index (χ2n) is 11.8. The minimum Gasteiger partial charge on any atom is -0.456 e. The maximum Gasteiger partial charge on any atom is 0.136 e. The number of fused-ring (bicyclic) bond motifs is 9. The van der Waals surface area contributed by atoms with E-state index in [0.29, 0.717) is 0 Å². The SMILES string of the molecule is c1ccc(-c2nc3ccccc3c3c(-c4cccc(-c5cccc6oc7ccccc7c56)c4)c4c(cc23)oc2ccccc24)cc1. The van der Waals surface area contributed by atoms with Crippen molar-refractivity contribution in [3.63, 3.8) is 0 Å². The van der Waals surface area contributed by atoms with Gasteiger partial charge in [-0.25, -0.2) is 4.98 Å². The van der Waals surface area contributed by atoms with Crippen molar-refractivity contribution in [1.29, 1.82) is 0 Å². The van der Waals surface area contributed by atoms with Crippen LogP contribution in [0.2, 0.25) is 0 Å². The molecule has 0 fully saturated rings. The van der Waals surface area contributed by atoms with Gasteiger partial charge < -0.3 is 8.83 Å². The van der Waals surface area contributed by atoms with Crippen LogP contribution in [0.5, 0.6) is 0 Å². The molecule has 0 N–H and O–H groups in total. The highest BCUT2D eigenvalue weighted by atomic mass is 16.3. The van der Waals surface area contributed by atoms with E-state index in [4.69, 9.17) is 13.8 Å². The van der Waals surface area contributed by atoms with Crippen LogP contribution >= 0.6 is 0 Å². The number of hydrogen-bond acceptors (Lipinski definition) is 3. The predicted octanol–water partition coefficient (Wildman–Crippen LogP) is 12.2. The highest BCUT2D eigenvalue weighted by Crippen LogP contribution is 2.47. The van der Waals surface area contributed by atoms with Crippen molar-refractivity contribution in [1.82, 2.24) is 4.98 Å². The molecule has 3 heterocycles. The summed E-state index contributed by atoms with van der Waals surface area (Å²) < 4.78 is 12.9. The van der Waals surface area contributed by atoms with E-state index in [1.165, 1.54) is 5.39 Å². The molecule has 0 amide bonds. The molecule has 0 aliphatic rings. The van der Waals surface area contributed by atoms with Crippen molar-refractivity contribution >= 4 is 65.6 Å². The molecule has 3 heteroatoms. The van der Waals surface area contributed by atoms with Gasteiger partial charge in [0, 0.05) is 48.8 Å². The molecule has 214 valence electrons. The molecule has 0 aliphatic heterocycles. The fourth-order valence-electron chi connectivity index (χ4n) is 7.28. The van der Waals surface area contributed by atoms with E-state index in [-0.39, 0.29) is 0 Å². The molecule has 3 nitrogen and oxygen atoms in total.